The number of anilines is 2. The van der Waals surface area contributed by atoms with Crippen molar-refractivity contribution in [2.24, 2.45) is 0 Å². The van der Waals surface area contributed by atoms with Crippen LogP contribution in [0.4, 0.5) is 11.4 Å². The molecule has 0 aliphatic heterocycles. The standard InChI is InChI=1S/C52H37NS/c1-51(2)45-20-9-6-17-39(45)42-27-24-38(32-48(42)51)53-37-25-28-49-44(31-37)43-26-23-34(30-50(43)54-49)33-13-12-16-36(29-33)52(35-14-4-3-5-15-35)46-21-10-7-18-40(46)41-19-8-11-22-47(41)52/h3-32,53H,1-2H3. The molecule has 9 aromatic rings. The first-order valence-corrected chi connectivity index (χ1v) is 19.7. The molecule has 54 heavy (non-hydrogen) atoms. The van der Waals surface area contributed by atoms with Gasteiger partial charge in [0, 0.05) is 37.0 Å². The van der Waals surface area contributed by atoms with E-state index >= 15 is 0 Å². The zero-order valence-corrected chi connectivity index (χ0v) is 31.0. The summed E-state index contributed by atoms with van der Waals surface area (Å²) in [6, 6.07) is 67.7. The van der Waals surface area contributed by atoms with Gasteiger partial charge in [0.25, 0.3) is 0 Å². The van der Waals surface area contributed by atoms with Crippen molar-refractivity contribution < 1.29 is 0 Å². The molecule has 0 unspecified atom stereocenters. The molecule has 256 valence electrons. The monoisotopic (exact) mass is 707 g/mol. The molecule has 0 saturated heterocycles. The Bertz CT molecular complexity index is 2900. The van der Waals surface area contributed by atoms with E-state index < -0.39 is 5.41 Å². The Morgan fingerprint density at radius 3 is 1.74 bits per heavy atom. The molecule has 11 rings (SSSR count). The van der Waals surface area contributed by atoms with Crippen molar-refractivity contribution in [2.75, 3.05) is 5.32 Å². The second-order valence-electron chi connectivity index (χ2n) is 15.4. The molecule has 8 aromatic carbocycles. The molecule has 0 atom stereocenters. The minimum Gasteiger partial charge on any atom is -0.355 e. The van der Waals surface area contributed by atoms with E-state index in [1.165, 1.54) is 86.9 Å². The van der Waals surface area contributed by atoms with Gasteiger partial charge in [-0.2, -0.15) is 0 Å². The van der Waals surface area contributed by atoms with Crippen LogP contribution in [0.1, 0.15) is 47.2 Å². The average molecular weight is 708 g/mol. The van der Waals surface area contributed by atoms with Crippen LogP contribution in [0.3, 0.4) is 0 Å². The van der Waals surface area contributed by atoms with Crippen LogP contribution in [0, 0.1) is 0 Å². The lowest BCUT2D eigenvalue weighted by molar-refractivity contribution is 0.660. The maximum absolute atomic E-state index is 3.75. The maximum Gasteiger partial charge on any atom is 0.0713 e. The first-order chi connectivity index (χ1) is 26.5. The van der Waals surface area contributed by atoms with Gasteiger partial charge in [0.15, 0.2) is 0 Å². The zero-order valence-electron chi connectivity index (χ0n) is 30.2. The molecule has 1 nitrogen and oxygen atoms in total. The van der Waals surface area contributed by atoms with Crippen molar-refractivity contribution in [2.45, 2.75) is 24.7 Å². The Labute approximate surface area is 320 Å². The van der Waals surface area contributed by atoms with E-state index in [0.29, 0.717) is 0 Å². The lowest BCUT2D eigenvalue weighted by Crippen LogP contribution is -2.28. The number of hydrogen-bond donors (Lipinski definition) is 1. The van der Waals surface area contributed by atoms with Gasteiger partial charge in [-0.1, -0.05) is 153 Å². The largest absolute Gasteiger partial charge is 0.355 e. The average Bonchev–Trinajstić information content (AvgIpc) is 3.82. The highest BCUT2D eigenvalue weighted by Gasteiger charge is 2.46. The number of benzene rings is 8. The first kappa shape index (κ1) is 31.3. The molecule has 2 aliphatic carbocycles. The fourth-order valence-electron chi connectivity index (χ4n) is 9.63. The van der Waals surface area contributed by atoms with E-state index in [0.717, 1.165) is 11.4 Å². The molecule has 0 bridgehead atoms. The van der Waals surface area contributed by atoms with Gasteiger partial charge in [-0.3, -0.25) is 0 Å². The SMILES string of the molecule is CC1(C)c2ccccc2-c2ccc(Nc3ccc4sc5cc(-c6cccc(C7(c8ccccc8)c8ccccc8-c8ccccc87)c6)ccc5c4c3)cc21. The molecule has 1 aromatic heterocycles. The Balaban J connectivity index is 0.973. The quantitative estimate of drug-likeness (QED) is 0.188. The third kappa shape index (κ3) is 4.44. The molecular weight excluding hydrogens is 671 g/mol. The molecule has 0 amide bonds. The van der Waals surface area contributed by atoms with Crippen LogP contribution >= 0.6 is 11.3 Å². The summed E-state index contributed by atoms with van der Waals surface area (Å²) in [6.45, 7) is 4.67. The van der Waals surface area contributed by atoms with Crippen molar-refractivity contribution in [3.8, 4) is 33.4 Å². The van der Waals surface area contributed by atoms with Gasteiger partial charge in [-0.25, -0.2) is 0 Å². The van der Waals surface area contributed by atoms with Gasteiger partial charge in [0.1, 0.15) is 0 Å². The summed E-state index contributed by atoms with van der Waals surface area (Å²) < 4.78 is 2.60. The Morgan fingerprint density at radius 1 is 0.389 bits per heavy atom. The minimum absolute atomic E-state index is 0.0252. The first-order valence-electron chi connectivity index (χ1n) is 18.8. The van der Waals surface area contributed by atoms with Gasteiger partial charge in [0.2, 0.25) is 0 Å². The molecule has 1 heterocycles. The Morgan fingerprint density at radius 2 is 0.981 bits per heavy atom. The number of hydrogen-bond acceptors (Lipinski definition) is 2. The highest BCUT2D eigenvalue weighted by atomic mass is 32.1. The van der Waals surface area contributed by atoms with Gasteiger partial charge < -0.3 is 5.32 Å². The topological polar surface area (TPSA) is 12.0 Å². The Hall–Kier alpha value is -6.22. The summed E-state index contributed by atoms with van der Waals surface area (Å²) >= 11 is 1.87. The molecule has 2 aliphatic rings. The minimum atomic E-state index is -0.409. The molecule has 0 radical (unpaired) electrons. The molecule has 2 heteroatoms. The number of rotatable bonds is 5. The predicted octanol–water partition coefficient (Wildman–Crippen LogP) is 14.1. The third-order valence-corrected chi connectivity index (χ3v) is 13.3. The van der Waals surface area contributed by atoms with Gasteiger partial charge in [0.05, 0.1) is 5.41 Å². The van der Waals surface area contributed by atoms with Crippen LogP contribution in [-0.2, 0) is 10.8 Å². The van der Waals surface area contributed by atoms with Crippen molar-refractivity contribution >= 4 is 42.9 Å². The number of nitrogens with one attached hydrogen (secondary N) is 1. The van der Waals surface area contributed by atoms with Crippen molar-refractivity contribution in [3.63, 3.8) is 0 Å². The number of fused-ring (bicyclic) bond motifs is 9. The van der Waals surface area contributed by atoms with E-state index in [2.05, 4.69) is 201 Å². The third-order valence-electron chi connectivity index (χ3n) is 12.1. The molecule has 0 fully saturated rings. The van der Waals surface area contributed by atoms with E-state index in [9.17, 15) is 0 Å². The van der Waals surface area contributed by atoms with Crippen LogP contribution in [0.5, 0.6) is 0 Å². The van der Waals surface area contributed by atoms with E-state index in [4.69, 9.17) is 0 Å². The Kier molecular flexibility index (Phi) is 6.75. The molecule has 1 N–H and O–H groups in total. The lowest BCUT2D eigenvalue weighted by Gasteiger charge is -2.34. The summed E-state index contributed by atoms with van der Waals surface area (Å²) in [5.74, 6) is 0. The van der Waals surface area contributed by atoms with Crippen LogP contribution in [0.2, 0.25) is 0 Å². The smallest absolute Gasteiger partial charge is 0.0713 e. The lowest BCUT2D eigenvalue weighted by atomic mass is 9.67. The van der Waals surface area contributed by atoms with Crippen LogP contribution in [0.25, 0.3) is 53.6 Å². The van der Waals surface area contributed by atoms with Crippen LogP contribution in [0.15, 0.2) is 182 Å². The summed E-state index contributed by atoms with van der Waals surface area (Å²) in [4.78, 5) is 0. The molecule has 0 saturated carbocycles. The van der Waals surface area contributed by atoms with Gasteiger partial charge in [-0.15, -0.1) is 11.3 Å². The van der Waals surface area contributed by atoms with Crippen molar-refractivity contribution in [1.82, 2.24) is 0 Å². The molecular formula is C52H37NS. The highest BCUT2D eigenvalue weighted by Crippen LogP contribution is 2.56. The van der Waals surface area contributed by atoms with Crippen LogP contribution < -0.4 is 5.32 Å². The zero-order chi connectivity index (χ0) is 36.0. The maximum atomic E-state index is 3.75. The fraction of sp³-hybridized carbons (Fsp3) is 0.0769. The van der Waals surface area contributed by atoms with Gasteiger partial charge >= 0.3 is 0 Å². The second kappa shape index (κ2) is 11.6. The molecule has 0 spiro atoms. The summed E-state index contributed by atoms with van der Waals surface area (Å²) in [7, 11) is 0. The van der Waals surface area contributed by atoms with E-state index in [1.54, 1.807) is 0 Å². The van der Waals surface area contributed by atoms with Gasteiger partial charge in [-0.05, 0) is 109 Å². The fourth-order valence-corrected chi connectivity index (χ4v) is 10.8. The summed E-state index contributed by atoms with van der Waals surface area (Å²) in [5, 5.41) is 6.33. The van der Waals surface area contributed by atoms with Crippen molar-refractivity contribution in [3.05, 3.63) is 215 Å². The summed E-state index contributed by atoms with van der Waals surface area (Å²) in [5.41, 5.74) is 17.6. The van der Waals surface area contributed by atoms with E-state index in [-0.39, 0.29) is 5.41 Å². The second-order valence-corrected chi connectivity index (χ2v) is 16.5. The van der Waals surface area contributed by atoms with Crippen LogP contribution in [-0.4, -0.2) is 0 Å². The van der Waals surface area contributed by atoms with Crippen molar-refractivity contribution in [1.29, 1.82) is 0 Å². The normalized spacial score (nSPS) is 14.4. The summed E-state index contributed by atoms with van der Waals surface area (Å²) in [6.07, 6.45) is 0. The highest BCUT2D eigenvalue weighted by molar-refractivity contribution is 7.25. The number of thiophene rings is 1. The predicted molar refractivity (Wildman–Crippen MR) is 229 cm³/mol. The van der Waals surface area contributed by atoms with E-state index in [1.807, 2.05) is 11.3 Å².